The molecule has 1 aromatic carbocycles. The number of fused-ring (bicyclic) bond motifs is 1. The smallest absolute Gasteiger partial charge is 0.328 e. The Morgan fingerprint density at radius 2 is 1.60 bits per heavy atom. The number of aromatic nitrogens is 3. The first-order valence-corrected chi connectivity index (χ1v) is 13.5. The Labute approximate surface area is 243 Å². The highest BCUT2D eigenvalue weighted by atomic mass is 16.5. The van der Waals surface area contributed by atoms with Crippen LogP contribution >= 0.6 is 0 Å². The molecule has 0 aliphatic carbocycles. The van der Waals surface area contributed by atoms with Gasteiger partial charge < -0.3 is 39.3 Å². The van der Waals surface area contributed by atoms with E-state index in [0.717, 1.165) is 41.1 Å². The summed E-state index contributed by atoms with van der Waals surface area (Å²) < 4.78 is 16.7. The molecule has 2 aliphatic rings. The van der Waals surface area contributed by atoms with Crippen molar-refractivity contribution < 1.29 is 39.1 Å². The minimum absolute atomic E-state index is 0.106. The van der Waals surface area contributed by atoms with E-state index in [2.05, 4.69) is 23.6 Å². The summed E-state index contributed by atoms with van der Waals surface area (Å²) in [5.41, 5.74) is 3.05. The van der Waals surface area contributed by atoms with Crippen LogP contribution in [0.3, 0.4) is 0 Å². The van der Waals surface area contributed by atoms with E-state index in [1.165, 1.54) is 0 Å². The summed E-state index contributed by atoms with van der Waals surface area (Å²) in [6.07, 6.45) is 1.12. The summed E-state index contributed by atoms with van der Waals surface area (Å²) in [5, 5.41) is 26.3. The Hall–Kier alpha value is -4.33. The van der Waals surface area contributed by atoms with Crippen LogP contribution in [0.1, 0.15) is 19.4 Å². The number of ether oxygens (including phenoxy) is 3. The predicted octanol–water partition coefficient (Wildman–Crippen LogP) is 2.35. The number of nitrogens with zero attached hydrogens (tertiary/aromatic N) is 5. The molecule has 0 bridgehead atoms. The van der Waals surface area contributed by atoms with E-state index in [9.17, 15) is 14.7 Å². The van der Waals surface area contributed by atoms with Gasteiger partial charge in [-0.15, -0.1) is 0 Å². The van der Waals surface area contributed by atoms with Gasteiger partial charge in [0, 0.05) is 36.4 Å². The molecular formula is C29H35N5O8. The Morgan fingerprint density at radius 1 is 0.952 bits per heavy atom. The number of rotatable bonds is 7. The van der Waals surface area contributed by atoms with Gasteiger partial charge in [-0.25, -0.2) is 14.6 Å². The van der Waals surface area contributed by atoms with E-state index in [4.69, 9.17) is 39.4 Å². The third kappa shape index (κ3) is 7.29. The van der Waals surface area contributed by atoms with Gasteiger partial charge in [-0.1, -0.05) is 0 Å². The van der Waals surface area contributed by atoms with Gasteiger partial charge in [-0.2, -0.15) is 9.97 Å². The van der Waals surface area contributed by atoms with E-state index >= 15 is 0 Å². The summed E-state index contributed by atoms with van der Waals surface area (Å²) in [7, 11) is 1.60. The van der Waals surface area contributed by atoms with Gasteiger partial charge in [-0.05, 0) is 44.2 Å². The molecular weight excluding hydrogens is 546 g/mol. The third-order valence-electron chi connectivity index (χ3n) is 6.91. The van der Waals surface area contributed by atoms with Crippen LogP contribution in [0.5, 0.6) is 5.75 Å². The molecule has 2 atom stereocenters. The van der Waals surface area contributed by atoms with Crippen LogP contribution in [-0.4, -0.2) is 101 Å². The number of aliphatic carboxylic acids is 2. The molecule has 3 aromatic rings. The highest BCUT2D eigenvalue weighted by Crippen LogP contribution is 2.32. The zero-order valence-electron chi connectivity index (χ0n) is 23.8. The lowest BCUT2D eigenvalue weighted by atomic mass is 10.1. The van der Waals surface area contributed by atoms with Crippen molar-refractivity contribution in [1.29, 1.82) is 0 Å². The second kappa shape index (κ2) is 14.0. The predicted molar refractivity (Wildman–Crippen MR) is 155 cm³/mol. The average Bonchev–Trinajstić information content (AvgIpc) is 2.99. The minimum Gasteiger partial charge on any atom is -0.496 e. The first kappa shape index (κ1) is 30.6. The lowest BCUT2D eigenvalue weighted by molar-refractivity contribution is -0.134. The number of hydrogen-bond donors (Lipinski definition) is 3. The Kier molecular flexibility index (Phi) is 10.2. The highest BCUT2D eigenvalue weighted by Gasteiger charge is 2.27. The van der Waals surface area contributed by atoms with Crippen molar-refractivity contribution >= 4 is 34.7 Å². The van der Waals surface area contributed by atoms with Gasteiger partial charge >= 0.3 is 11.9 Å². The molecule has 224 valence electrons. The molecule has 2 saturated heterocycles. The van der Waals surface area contributed by atoms with Crippen LogP contribution in [0.2, 0.25) is 0 Å². The molecule has 2 unspecified atom stereocenters. The fourth-order valence-electron chi connectivity index (χ4n) is 4.76. The summed E-state index contributed by atoms with van der Waals surface area (Å²) in [4.78, 5) is 38.5. The van der Waals surface area contributed by atoms with E-state index in [-0.39, 0.29) is 18.7 Å². The molecule has 3 N–H and O–H groups in total. The third-order valence-corrected chi connectivity index (χ3v) is 6.91. The van der Waals surface area contributed by atoms with Gasteiger partial charge in [-0.3, -0.25) is 0 Å². The molecule has 13 heteroatoms. The number of aliphatic hydroxyl groups excluding tert-OH is 1. The number of benzene rings is 1. The second-order valence-corrected chi connectivity index (χ2v) is 9.84. The number of methoxy groups -OCH3 is 1. The average molecular weight is 582 g/mol. The van der Waals surface area contributed by atoms with Crippen LogP contribution in [0.15, 0.2) is 42.5 Å². The number of carboxylic acid groups (broad SMARTS) is 2. The quantitative estimate of drug-likeness (QED) is 0.348. The lowest BCUT2D eigenvalue weighted by Gasteiger charge is -2.37. The molecule has 0 saturated carbocycles. The van der Waals surface area contributed by atoms with Crippen molar-refractivity contribution in [2.75, 3.05) is 56.4 Å². The first-order valence-electron chi connectivity index (χ1n) is 13.5. The number of hydrogen-bond acceptors (Lipinski definition) is 11. The lowest BCUT2D eigenvalue weighted by Crippen LogP contribution is -2.46. The van der Waals surface area contributed by atoms with E-state index in [1.807, 2.05) is 30.3 Å². The van der Waals surface area contributed by atoms with Crippen LogP contribution in [0, 0.1) is 0 Å². The molecule has 2 fully saturated rings. The number of anilines is 2. The summed E-state index contributed by atoms with van der Waals surface area (Å²) in [6.45, 7) is 8.31. The van der Waals surface area contributed by atoms with Gasteiger partial charge in [0.25, 0.3) is 0 Å². The van der Waals surface area contributed by atoms with Crippen molar-refractivity contribution in [2.45, 2.75) is 32.5 Å². The van der Waals surface area contributed by atoms with Gasteiger partial charge in [0.05, 0.1) is 63.3 Å². The van der Waals surface area contributed by atoms with Crippen LogP contribution < -0.4 is 14.5 Å². The summed E-state index contributed by atoms with van der Waals surface area (Å²) in [5.74, 6) is -0.298. The molecule has 5 rings (SSSR count). The van der Waals surface area contributed by atoms with Crippen LogP contribution in [0.25, 0.3) is 22.3 Å². The maximum Gasteiger partial charge on any atom is 0.328 e. The zero-order valence-corrected chi connectivity index (χ0v) is 23.8. The molecule has 2 aromatic heterocycles. The fraction of sp³-hybridized carbons (Fsp3) is 0.414. The maximum absolute atomic E-state index is 9.75. The standard InChI is InChI=1S/C25H31N5O4.C4H4O4/c1-16-14-33-10-8-29(16)24-20-5-6-21(18-4-7-22(32-3)19(12-18)13-31)26-23(20)27-25(28-24)30-9-11-34-15-17(30)2;5-3(6)1-2-4(7)8/h4-7,12,16-17,31H,8-11,13-15H2,1-3H3;1-2H,(H,5,6)(H,7,8). The van der Waals surface area contributed by atoms with Gasteiger partial charge in [0.1, 0.15) is 11.6 Å². The molecule has 13 nitrogen and oxygen atoms in total. The number of pyridine rings is 1. The normalized spacial score (nSPS) is 19.0. The number of carbonyl (C=O) groups is 2. The van der Waals surface area contributed by atoms with E-state index in [1.54, 1.807) is 7.11 Å². The molecule has 2 aliphatic heterocycles. The molecule has 4 heterocycles. The largest absolute Gasteiger partial charge is 0.496 e. The first-order chi connectivity index (χ1) is 20.2. The van der Waals surface area contributed by atoms with Gasteiger partial charge in [0.15, 0.2) is 5.65 Å². The van der Waals surface area contributed by atoms with Crippen LogP contribution in [-0.2, 0) is 25.7 Å². The summed E-state index contributed by atoms with van der Waals surface area (Å²) in [6, 6.07) is 10.1. The number of aliphatic hydroxyl groups is 1. The van der Waals surface area contributed by atoms with Crippen molar-refractivity contribution in [3.05, 3.63) is 48.0 Å². The van der Waals surface area contributed by atoms with Crippen molar-refractivity contribution in [3.63, 3.8) is 0 Å². The molecule has 0 spiro atoms. The SMILES string of the molecule is COc1ccc(-c2ccc3c(N4CCOCC4C)nc(N4CCOCC4C)nc3n2)cc1CO.O=C(O)C=CC(=O)O. The Balaban J connectivity index is 0.000000446. The Bertz CT molecular complexity index is 1430. The summed E-state index contributed by atoms with van der Waals surface area (Å²) >= 11 is 0. The molecule has 42 heavy (non-hydrogen) atoms. The van der Waals surface area contributed by atoms with Crippen LogP contribution in [0.4, 0.5) is 11.8 Å². The second-order valence-electron chi connectivity index (χ2n) is 9.84. The molecule has 0 amide bonds. The monoisotopic (exact) mass is 581 g/mol. The fourth-order valence-corrected chi connectivity index (χ4v) is 4.76. The minimum atomic E-state index is -1.26. The van der Waals surface area contributed by atoms with E-state index in [0.29, 0.717) is 55.9 Å². The van der Waals surface area contributed by atoms with E-state index < -0.39 is 11.9 Å². The Morgan fingerprint density at radius 3 is 2.17 bits per heavy atom. The topological polar surface area (TPSA) is 168 Å². The van der Waals surface area contributed by atoms with Gasteiger partial charge in [0.2, 0.25) is 5.95 Å². The van der Waals surface area contributed by atoms with Crippen molar-refractivity contribution in [1.82, 2.24) is 15.0 Å². The zero-order chi connectivity index (χ0) is 30.2. The van der Waals surface area contributed by atoms with Crippen molar-refractivity contribution in [2.24, 2.45) is 0 Å². The number of carboxylic acids is 2. The molecule has 0 radical (unpaired) electrons. The number of morpholine rings is 2. The highest BCUT2D eigenvalue weighted by molar-refractivity contribution is 5.90. The van der Waals surface area contributed by atoms with Crippen molar-refractivity contribution in [3.8, 4) is 17.0 Å². The maximum atomic E-state index is 9.75.